The van der Waals surface area contributed by atoms with Gasteiger partial charge in [-0.1, -0.05) is 18.6 Å². The molecule has 19 heavy (non-hydrogen) atoms. The van der Waals surface area contributed by atoms with Crippen molar-refractivity contribution in [3.05, 3.63) is 35.9 Å². The van der Waals surface area contributed by atoms with Crippen LogP contribution in [0.1, 0.15) is 37.7 Å². The van der Waals surface area contributed by atoms with Gasteiger partial charge in [-0.25, -0.2) is 4.79 Å². The molecule has 0 bridgehead atoms. The van der Waals surface area contributed by atoms with Gasteiger partial charge in [0, 0.05) is 6.08 Å². The molecule has 0 aromatic heterocycles. The van der Waals surface area contributed by atoms with Crippen LogP contribution in [0.3, 0.4) is 0 Å². The van der Waals surface area contributed by atoms with E-state index in [4.69, 9.17) is 9.47 Å². The first-order valence-electron chi connectivity index (χ1n) is 6.80. The van der Waals surface area contributed by atoms with Gasteiger partial charge < -0.3 is 9.47 Å². The molecule has 0 amide bonds. The maximum Gasteiger partial charge on any atom is 0.331 e. The predicted molar refractivity (Wildman–Crippen MR) is 75.0 cm³/mol. The van der Waals surface area contributed by atoms with Crippen LogP contribution in [-0.4, -0.2) is 19.2 Å². The van der Waals surface area contributed by atoms with E-state index in [1.165, 1.54) is 12.5 Å². The first kappa shape index (κ1) is 13.7. The lowest BCUT2D eigenvalue weighted by Gasteiger charge is -2.20. The van der Waals surface area contributed by atoms with E-state index >= 15 is 0 Å². The number of rotatable bonds is 4. The average molecular weight is 260 g/mol. The van der Waals surface area contributed by atoms with Gasteiger partial charge in [-0.3, -0.25) is 0 Å². The molecule has 3 heteroatoms. The molecule has 0 spiro atoms. The molecule has 1 fully saturated rings. The third-order valence-corrected chi connectivity index (χ3v) is 3.34. The maximum absolute atomic E-state index is 11.7. The van der Waals surface area contributed by atoms with Gasteiger partial charge in [0.2, 0.25) is 0 Å². The molecule has 3 nitrogen and oxygen atoms in total. The van der Waals surface area contributed by atoms with Gasteiger partial charge in [0.1, 0.15) is 11.9 Å². The second-order valence-corrected chi connectivity index (χ2v) is 4.81. The fraction of sp³-hybridized carbons (Fsp3) is 0.438. The summed E-state index contributed by atoms with van der Waals surface area (Å²) in [6.07, 6.45) is 8.94. The molecule has 1 aliphatic rings. The lowest BCUT2D eigenvalue weighted by molar-refractivity contribution is -0.144. The van der Waals surface area contributed by atoms with Crippen molar-refractivity contribution in [2.24, 2.45) is 0 Å². The second kappa shape index (κ2) is 6.98. The van der Waals surface area contributed by atoms with Crippen molar-refractivity contribution in [2.75, 3.05) is 7.11 Å². The molecule has 2 rings (SSSR count). The predicted octanol–water partition coefficient (Wildman–Crippen LogP) is 3.58. The summed E-state index contributed by atoms with van der Waals surface area (Å²) >= 11 is 0. The Labute approximate surface area is 114 Å². The van der Waals surface area contributed by atoms with Crippen molar-refractivity contribution in [1.29, 1.82) is 0 Å². The van der Waals surface area contributed by atoms with Crippen molar-refractivity contribution >= 4 is 12.0 Å². The van der Waals surface area contributed by atoms with E-state index in [0.29, 0.717) is 0 Å². The van der Waals surface area contributed by atoms with Gasteiger partial charge in [0.25, 0.3) is 0 Å². The number of esters is 1. The van der Waals surface area contributed by atoms with E-state index in [1.54, 1.807) is 13.2 Å². The molecule has 0 atom stereocenters. The molecule has 1 saturated carbocycles. The van der Waals surface area contributed by atoms with Crippen LogP contribution in [0.15, 0.2) is 30.3 Å². The molecule has 1 aliphatic carbocycles. The minimum atomic E-state index is -0.255. The molecule has 102 valence electrons. The number of hydrogen-bond acceptors (Lipinski definition) is 3. The summed E-state index contributed by atoms with van der Waals surface area (Å²) in [6, 6.07) is 7.57. The fourth-order valence-electron chi connectivity index (χ4n) is 2.30. The van der Waals surface area contributed by atoms with E-state index in [1.807, 2.05) is 24.3 Å². The topological polar surface area (TPSA) is 35.5 Å². The van der Waals surface area contributed by atoms with Crippen LogP contribution in [0.4, 0.5) is 0 Å². The largest absolute Gasteiger partial charge is 0.497 e. The normalized spacial score (nSPS) is 16.5. The molecule has 1 aromatic rings. The zero-order valence-corrected chi connectivity index (χ0v) is 11.3. The lowest BCUT2D eigenvalue weighted by atomic mass is 9.98. The smallest absolute Gasteiger partial charge is 0.331 e. The molecule has 0 aliphatic heterocycles. The van der Waals surface area contributed by atoms with E-state index in [9.17, 15) is 4.79 Å². The zero-order chi connectivity index (χ0) is 13.5. The number of methoxy groups -OCH3 is 1. The standard InChI is InChI=1S/C16H20O3/c1-18-15-9-5-6-13(12-15)10-11-16(17)19-14-7-3-2-4-8-14/h5-6,9-12,14H,2-4,7-8H2,1H3. The van der Waals surface area contributed by atoms with Crippen LogP contribution in [-0.2, 0) is 9.53 Å². The van der Waals surface area contributed by atoms with Crippen LogP contribution in [0.25, 0.3) is 6.08 Å². The van der Waals surface area contributed by atoms with Gasteiger partial charge >= 0.3 is 5.97 Å². The van der Waals surface area contributed by atoms with Crippen LogP contribution in [0.2, 0.25) is 0 Å². The molecule has 0 heterocycles. The molecular formula is C16H20O3. The molecule has 0 N–H and O–H groups in total. The number of benzene rings is 1. The maximum atomic E-state index is 11.7. The van der Waals surface area contributed by atoms with E-state index in [-0.39, 0.29) is 12.1 Å². The first-order valence-corrected chi connectivity index (χ1v) is 6.80. The van der Waals surface area contributed by atoms with Crippen molar-refractivity contribution in [3.63, 3.8) is 0 Å². The molecule has 0 unspecified atom stereocenters. The Morgan fingerprint density at radius 3 is 2.79 bits per heavy atom. The van der Waals surface area contributed by atoms with Gasteiger partial charge in [-0.15, -0.1) is 0 Å². The first-order chi connectivity index (χ1) is 9.28. The minimum absolute atomic E-state index is 0.108. The average Bonchev–Trinajstić information content (AvgIpc) is 2.46. The summed E-state index contributed by atoms with van der Waals surface area (Å²) in [6.45, 7) is 0. The number of carbonyl (C=O) groups is 1. The van der Waals surface area contributed by atoms with Crippen LogP contribution < -0.4 is 4.74 Å². The number of carbonyl (C=O) groups excluding carboxylic acids is 1. The third kappa shape index (κ3) is 4.43. The van der Waals surface area contributed by atoms with E-state index in [0.717, 1.165) is 37.0 Å². The fourth-order valence-corrected chi connectivity index (χ4v) is 2.30. The third-order valence-electron chi connectivity index (χ3n) is 3.34. The van der Waals surface area contributed by atoms with Gasteiger partial charge in [-0.05, 0) is 49.5 Å². The minimum Gasteiger partial charge on any atom is -0.497 e. The molecule has 0 radical (unpaired) electrons. The van der Waals surface area contributed by atoms with Crippen LogP contribution in [0, 0.1) is 0 Å². The van der Waals surface area contributed by atoms with E-state index in [2.05, 4.69) is 0 Å². The summed E-state index contributed by atoms with van der Waals surface area (Å²) in [7, 11) is 1.63. The number of ether oxygens (including phenoxy) is 2. The monoisotopic (exact) mass is 260 g/mol. The van der Waals surface area contributed by atoms with Gasteiger partial charge in [0.05, 0.1) is 7.11 Å². The molecule has 0 saturated heterocycles. The Morgan fingerprint density at radius 1 is 1.26 bits per heavy atom. The highest BCUT2D eigenvalue weighted by Gasteiger charge is 2.16. The Kier molecular flexibility index (Phi) is 5.01. The highest BCUT2D eigenvalue weighted by molar-refractivity contribution is 5.87. The van der Waals surface area contributed by atoms with E-state index < -0.39 is 0 Å². The second-order valence-electron chi connectivity index (χ2n) is 4.81. The summed E-state index contributed by atoms with van der Waals surface area (Å²) in [5.74, 6) is 0.525. The lowest BCUT2D eigenvalue weighted by Crippen LogP contribution is -2.19. The number of hydrogen-bond donors (Lipinski definition) is 0. The van der Waals surface area contributed by atoms with Crippen LogP contribution in [0.5, 0.6) is 5.75 Å². The molecular weight excluding hydrogens is 240 g/mol. The zero-order valence-electron chi connectivity index (χ0n) is 11.3. The van der Waals surface area contributed by atoms with Gasteiger partial charge in [0.15, 0.2) is 0 Å². The summed E-state index contributed by atoms with van der Waals surface area (Å²) in [5, 5.41) is 0. The SMILES string of the molecule is COc1cccc(C=CC(=O)OC2CCCCC2)c1. The van der Waals surface area contributed by atoms with Crippen LogP contribution >= 0.6 is 0 Å². The Balaban J connectivity index is 1.88. The summed E-state index contributed by atoms with van der Waals surface area (Å²) in [5.41, 5.74) is 0.931. The molecule has 1 aromatic carbocycles. The van der Waals surface area contributed by atoms with Crippen molar-refractivity contribution in [2.45, 2.75) is 38.2 Å². The van der Waals surface area contributed by atoms with Crippen molar-refractivity contribution in [1.82, 2.24) is 0 Å². The highest BCUT2D eigenvalue weighted by atomic mass is 16.5. The Morgan fingerprint density at radius 2 is 2.05 bits per heavy atom. The summed E-state index contributed by atoms with van der Waals surface area (Å²) in [4.78, 5) is 11.7. The summed E-state index contributed by atoms with van der Waals surface area (Å²) < 4.78 is 10.5. The highest BCUT2D eigenvalue weighted by Crippen LogP contribution is 2.20. The van der Waals surface area contributed by atoms with Crippen molar-refractivity contribution < 1.29 is 14.3 Å². The quantitative estimate of drug-likeness (QED) is 0.613. The Bertz CT molecular complexity index is 445. The van der Waals surface area contributed by atoms with Gasteiger partial charge in [-0.2, -0.15) is 0 Å². The Hall–Kier alpha value is -1.77. The van der Waals surface area contributed by atoms with Crippen molar-refractivity contribution in [3.8, 4) is 5.75 Å².